The highest BCUT2D eigenvalue weighted by Crippen LogP contribution is 2.34. The van der Waals surface area contributed by atoms with Crippen molar-refractivity contribution in [3.8, 4) is 16.9 Å². The quantitative estimate of drug-likeness (QED) is 0.235. The second-order valence-corrected chi connectivity index (χ2v) is 9.48. The number of ether oxygens (including phenoxy) is 1. The Morgan fingerprint density at radius 2 is 1.68 bits per heavy atom. The largest absolute Gasteiger partial charge is 0.495 e. The summed E-state index contributed by atoms with van der Waals surface area (Å²) in [7, 11) is 1.44. The minimum Gasteiger partial charge on any atom is -0.495 e. The molecule has 1 atom stereocenters. The summed E-state index contributed by atoms with van der Waals surface area (Å²) >= 11 is 6.25. The van der Waals surface area contributed by atoms with E-state index in [0.717, 1.165) is 5.56 Å². The molecule has 40 heavy (non-hydrogen) atoms. The van der Waals surface area contributed by atoms with Crippen molar-refractivity contribution < 1.29 is 24.2 Å². The number of pyridine rings is 1. The average Bonchev–Trinajstić information content (AvgIpc) is 2.96. The average molecular weight is 559 g/mol. The molecule has 1 amide bonds. The van der Waals surface area contributed by atoms with E-state index in [1.807, 2.05) is 30.3 Å². The minimum absolute atomic E-state index is 0.0809. The van der Waals surface area contributed by atoms with E-state index in [0.29, 0.717) is 27.4 Å². The first kappa shape index (κ1) is 28.3. The fraction of sp³-hybridized carbons (Fsp3) is 0.161. The van der Waals surface area contributed by atoms with Gasteiger partial charge in [-0.1, -0.05) is 48.9 Å². The maximum absolute atomic E-state index is 13.6. The highest BCUT2D eigenvalue weighted by molar-refractivity contribution is 6.31. The van der Waals surface area contributed by atoms with Gasteiger partial charge in [0.05, 0.1) is 18.9 Å². The van der Waals surface area contributed by atoms with E-state index in [4.69, 9.17) is 21.4 Å². The van der Waals surface area contributed by atoms with Crippen LogP contribution >= 0.6 is 11.6 Å². The molecule has 1 heterocycles. The number of rotatable bonds is 10. The van der Waals surface area contributed by atoms with Gasteiger partial charge in [-0.15, -0.1) is 0 Å². The number of amides is 1. The third kappa shape index (κ3) is 6.30. The number of hydrogen-bond acceptors (Lipinski definition) is 5. The fourth-order valence-corrected chi connectivity index (χ4v) is 4.57. The van der Waals surface area contributed by atoms with Crippen molar-refractivity contribution in [3.05, 3.63) is 117 Å². The zero-order chi connectivity index (χ0) is 28.8. The molecule has 4 rings (SSSR count). The number of carbonyl (C=O) groups is 3. The van der Waals surface area contributed by atoms with Gasteiger partial charge in [0.2, 0.25) is 5.91 Å². The monoisotopic (exact) mass is 558 g/mol. The van der Waals surface area contributed by atoms with E-state index in [2.05, 4.69) is 5.32 Å². The molecule has 0 fully saturated rings. The van der Waals surface area contributed by atoms with Crippen LogP contribution < -0.4 is 15.6 Å². The normalized spacial score (nSPS) is 11.5. The number of nitrogens with zero attached hydrogens (tertiary/aromatic N) is 1. The lowest BCUT2D eigenvalue weighted by atomic mass is 9.95. The summed E-state index contributed by atoms with van der Waals surface area (Å²) in [5, 5.41) is 12.3. The van der Waals surface area contributed by atoms with Crippen LogP contribution in [0.3, 0.4) is 0 Å². The molecule has 9 heteroatoms. The highest BCUT2D eigenvalue weighted by atomic mass is 35.5. The Morgan fingerprint density at radius 1 is 0.975 bits per heavy atom. The molecule has 3 aromatic carbocycles. The van der Waals surface area contributed by atoms with E-state index >= 15 is 0 Å². The SMILES string of the molecule is CCC(=O)c1ccc(Cl)cc1-c1cc(=O)n(C(Cc2ccccc2)C(=O)Nc2ccc(C(=O)O)cc2)cc1OC. The highest BCUT2D eigenvalue weighted by Gasteiger charge is 2.25. The first-order valence-corrected chi connectivity index (χ1v) is 12.9. The van der Waals surface area contributed by atoms with Crippen molar-refractivity contribution >= 4 is 34.9 Å². The van der Waals surface area contributed by atoms with E-state index in [1.54, 1.807) is 25.1 Å². The Balaban J connectivity index is 1.79. The molecule has 2 N–H and O–H groups in total. The number of anilines is 1. The van der Waals surface area contributed by atoms with Crippen molar-refractivity contribution in [2.45, 2.75) is 25.8 Å². The third-order valence-electron chi connectivity index (χ3n) is 6.47. The Hall–Kier alpha value is -4.69. The molecule has 0 saturated heterocycles. The van der Waals surface area contributed by atoms with Gasteiger partial charge in [-0.3, -0.25) is 19.0 Å². The smallest absolute Gasteiger partial charge is 0.335 e. The van der Waals surface area contributed by atoms with Crippen LogP contribution in [0.1, 0.15) is 45.7 Å². The second-order valence-electron chi connectivity index (χ2n) is 9.04. The first-order valence-electron chi connectivity index (χ1n) is 12.5. The van der Waals surface area contributed by atoms with Crippen LogP contribution in [0.5, 0.6) is 5.75 Å². The summed E-state index contributed by atoms with van der Waals surface area (Å²) in [6.45, 7) is 1.75. The number of halogens is 1. The van der Waals surface area contributed by atoms with Crippen LogP contribution in [-0.4, -0.2) is 34.4 Å². The van der Waals surface area contributed by atoms with Crippen LogP contribution in [-0.2, 0) is 11.2 Å². The molecule has 8 nitrogen and oxygen atoms in total. The predicted octanol–water partition coefficient (Wildman–Crippen LogP) is 5.89. The van der Waals surface area contributed by atoms with Crippen LogP contribution in [0.2, 0.25) is 5.02 Å². The van der Waals surface area contributed by atoms with Gasteiger partial charge < -0.3 is 15.2 Å². The van der Waals surface area contributed by atoms with Crippen molar-refractivity contribution in [2.24, 2.45) is 0 Å². The maximum atomic E-state index is 13.6. The van der Waals surface area contributed by atoms with Gasteiger partial charge in [-0.05, 0) is 53.6 Å². The van der Waals surface area contributed by atoms with Crippen molar-refractivity contribution in [1.29, 1.82) is 0 Å². The Morgan fingerprint density at radius 3 is 2.30 bits per heavy atom. The zero-order valence-corrected chi connectivity index (χ0v) is 22.6. The van der Waals surface area contributed by atoms with Gasteiger partial charge in [-0.2, -0.15) is 0 Å². The summed E-state index contributed by atoms with van der Waals surface area (Å²) in [5.74, 6) is -1.40. The lowest BCUT2D eigenvalue weighted by Crippen LogP contribution is -2.34. The van der Waals surface area contributed by atoms with Crippen molar-refractivity contribution in [2.75, 3.05) is 12.4 Å². The molecular weight excluding hydrogens is 532 g/mol. The number of benzene rings is 3. The van der Waals surface area contributed by atoms with Crippen LogP contribution in [0.15, 0.2) is 89.9 Å². The summed E-state index contributed by atoms with van der Waals surface area (Å²) in [5.41, 5.74) is 2.05. The van der Waals surface area contributed by atoms with Crippen LogP contribution in [0.4, 0.5) is 5.69 Å². The number of ketones is 1. The van der Waals surface area contributed by atoms with E-state index in [-0.39, 0.29) is 29.9 Å². The minimum atomic E-state index is -1.08. The number of aromatic carboxylic acids is 1. The number of carboxylic acid groups (broad SMARTS) is 1. The third-order valence-corrected chi connectivity index (χ3v) is 6.70. The molecular formula is C31H27ClN2O6. The van der Waals surface area contributed by atoms with Crippen molar-refractivity contribution in [1.82, 2.24) is 4.57 Å². The molecule has 1 aromatic heterocycles. The van der Waals surface area contributed by atoms with Crippen LogP contribution in [0.25, 0.3) is 11.1 Å². The Kier molecular flexibility index (Phi) is 8.81. The summed E-state index contributed by atoms with van der Waals surface area (Å²) in [6.07, 6.45) is 1.92. The van der Waals surface area contributed by atoms with Crippen molar-refractivity contribution in [3.63, 3.8) is 0 Å². The molecule has 204 valence electrons. The lowest BCUT2D eigenvalue weighted by Gasteiger charge is -2.22. The standard InChI is InChI=1S/C31H27ClN2O6/c1-3-27(35)23-14-11-21(32)16-24(23)25-17-29(36)34(18-28(25)40-2)26(15-19-7-5-4-6-8-19)30(37)33-22-12-9-20(10-13-22)31(38)39/h4-14,16-18,26H,3,15H2,1-2H3,(H,33,37)(H,38,39). The molecule has 0 radical (unpaired) electrons. The van der Waals surface area contributed by atoms with Gasteiger partial charge in [0, 0.05) is 40.7 Å². The lowest BCUT2D eigenvalue weighted by molar-refractivity contribution is -0.119. The Labute approximate surface area is 235 Å². The number of methoxy groups -OCH3 is 1. The van der Waals surface area contributed by atoms with E-state index in [9.17, 15) is 19.2 Å². The van der Waals surface area contributed by atoms with Crippen LogP contribution in [0, 0.1) is 0 Å². The summed E-state index contributed by atoms with van der Waals surface area (Å²) in [6, 6.07) is 20.2. The molecule has 0 aliphatic carbocycles. The number of Topliss-reactive ketones (excluding diaryl/α,β-unsaturated/α-hetero) is 1. The van der Waals surface area contributed by atoms with Gasteiger partial charge in [0.1, 0.15) is 11.8 Å². The first-order chi connectivity index (χ1) is 19.2. The zero-order valence-electron chi connectivity index (χ0n) is 21.9. The maximum Gasteiger partial charge on any atom is 0.335 e. The molecule has 0 spiro atoms. The fourth-order valence-electron chi connectivity index (χ4n) is 4.39. The molecule has 0 aliphatic rings. The Bertz CT molecular complexity index is 1610. The predicted molar refractivity (Wildman–Crippen MR) is 154 cm³/mol. The number of hydrogen-bond donors (Lipinski definition) is 2. The summed E-state index contributed by atoms with van der Waals surface area (Å²) in [4.78, 5) is 51.0. The number of aromatic nitrogens is 1. The second kappa shape index (κ2) is 12.4. The van der Waals surface area contributed by atoms with E-state index in [1.165, 1.54) is 48.2 Å². The van der Waals surface area contributed by atoms with Gasteiger partial charge in [0.25, 0.3) is 5.56 Å². The number of nitrogens with one attached hydrogen (secondary N) is 1. The summed E-state index contributed by atoms with van der Waals surface area (Å²) < 4.78 is 6.93. The molecule has 0 saturated carbocycles. The molecule has 4 aromatic rings. The molecule has 0 bridgehead atoms. The van der Waals surface area contributed by atoms with Gasteiger partial charge in [0.15, 0.2) is 5.78 Å². The molecule has 1 unspecified atom stereocenters. The topological polar surface area (TPSA) is 115 Å². The number of carbonyl (C=O) groups excluding carboxylic acids is 2. The van der Waals surface area contributed by atoms with Gasteiger partial charge in [-0.25, -0.2) is 4.79 Å². The van der Waals surface area contributed by atoms with E-state index < -0.39 is 23.5 Å². The number of carboxylic acids is 1. The molecule has 0 aliphatic heterocycles. The van der Waals surface area contributed by atoms with Gasteiger partial charge >= 0.3 is 5.97 Å².